The maximum atomic E-state index is 13.3. The Kier molecular flexibility index (Phi) is 7.33. The van der Waals surface area contributed by atoms with Crippen molar-refractivity contribution in [3.63, 3.8) is 0 Å². The third-order valence-corrected chi connectivity index (χ3v) is 4.58. The van der Waals surface area contributed by atoms with Crippen LogP contribution in [0.5, 0.6) is 0 Å². The molecule has 1 amide bonds. The number of rotatable bonds is 5. The van der Waals surface area contributed by atoms with Gasteiger partial charge >= 0.3 is 0 Å². The van der Waals surface area contributed by atoms with E-state index in [1.165, 1.54) is 12.1 Å². The molecule has 0 radical (unpaired) electrons. The molecule has 0 atom stereocenters. The number of carbonyl (C=O) groups is 1. The van der Waals surface area contributed by atoms with Crippen LogP contribution in [0.15, 0.2) is 24.3 Å². The number of hydrogen-bond acceptors (Lipinski definition) is 3. The van der Waals surface area contributed by atoms with Gasteiger partial charge < -0.3 is 20.9 Å². The van der Waals surface area contributed by atoms with Crippen molar-refractivity contribution in [3.8, 4) is 0 Å². The van der Waals surface area contributed by atoms with Crippen molar-refractivity contribution in [2.24, 2.45) is 5.73 Å². The number of anilines is 1. The normalized spacial score (nSPS) is 14.2. The molecular weight excluding hydrogens is 343 g/mol. The third-order valence-electron chi connectivity index (χ3n) is 4.58. The van der Waals surface area contributed by atoms with Crippen LogP contribution in [-0.2, 0) is 4.79 Å². The number of nitrogens with two attached hydrogens (primary N) is 1. The summed E-state index contributed by atoms with van der Waals surface area (Å²) < 4.78 is 13.3. The number of aromatic amines is 1. The van der Waals surface area contributed by atoms with Crippen molar-refractivity contribution in [1.29, 1.82) is 0 Å². The van der Waals surface area contributed by atoms with Crippen LogP contribution in [0.4, 0.5) is 10.1 Å². The van der Waals surface area contributed by atoms with Crippen molar-refractivity contribution in [3.05, 3.63) is 52.6 Å². The van der Waals surface area contributed by atoms with Crippen molar-refractivity contribution in [2.75, 3.05) is 31.5 Å². The summed E-state index contributed by atoms with van der Waals surface area (Å²) in [4.78, 5) is 17.4. The van der Waals surface area contributed by atoms with E-state index in [9.17, 15) is 9.18 Å². The fourth-order valence-corrected chi connectivity index (χ4v) is 3.07. The highest BCUT2D eigenvalue weighted by Crippen LogP contribution is 2.33. The van der Waals surface area contributed by atoms with Crippen LogP contribution < -0.4 is 11.1 Å². The van der Waals surface area contributed by atoms with E-state index in [-0.39, 0.29) is 11.7 Å². The van der Waals surface area contributed by atoms with Gasteiger partial charge in [-0.05, 0) is 62.8 Å². The zero-order chi connectivity index (χ0) is 20.0. The number of nitrogens with one attached hydrogen (secondary N) is 2. The van der Waals surface area contributed by atoms with Gasteiger partial charge in [-0.2, -0.15) is 0 Å². The number of hydrogen-bond donors (Lipinski definition) is 3. The van der Waals surface area contributed by atoms with Gasteiger partial charge in [0.1, 0.15) is 5.82 Å². The Hall–Kier alpha value is -2.44. The lowest BCUT2D eigenvalue weighted by molar-refractivity contribution is -0.110. The topological polar surface area (TPSA) is 74.2 Å². The number of nitrogens with zero attached hydrogens (tertiary/aromatic N) is 1. The number of halogens is 1. The van der Waals surface area contributed by atoms with Gasteiger partial charge in [0.05, 0.1) is 5.57 Å². The summed E-state index contributed by atoms with van der Waals surface area (Å²) in [5.74, 6) is -0.548. The average Bonchev–Trinajstić information content (AvgIpc) is 3.12. The predicted molar refractivity (Wildman–Crippen MR) is 110 cm³/mol. The molecule has 4 N–H and O–H groups in total. The van der Waals surface area contributed by atoms with Crippen LogP contribution in [0.3, 0.4) is 0 Å². The molecule has 1 aliphatic heterocycles. The minimum absolute atomic E-state index is 0.202. The molecule has 2 aromatic rings. The Balaban J connectivity index is 0.000000279. The summed E-state index contributed by atoms with van der Waals surface area (Å²) in [7, 11) is 0. The second-order valence-electron chi connectivity index (χ2n) is 6.57. The predicted octanol–water partition coefficient (Wildman–Crippen LogP) is 3.55. The first-order valence-corrected chi connectivity index (χ1v) is 9.31. The van der Waals surface area contributed by atoms with Gasteiger partial charge in [0.15, 0.2) is 0 Å². The molecule has 27 heavy (non-hydrogen) atoms. The standard InChI is InChI=1S/C15H13FN2O.C6H16N2/c1-8-5-9(2)17-14(8)7-12-11-6-10(16)3-4-13(11)18-15(12)19;1-3-8(4-2)6-5-7/h3-7,17H,1-2H3,(H,18,19);3-7H2,1-2H3/b12-7-;. The molecule has 1 aromatic heterocycles. The quantitative estimate of drug-likeness (QED) is 0.703. The lowest BCUT2D eigenvalue weighted by Gasteiger charge is -2.15. The molecule has 1 aromatic carbocycles. The number of H-pyrrole nitrogens is 1. The van der Waals surface area contributed by atoms with Gasteiger partial charge in [0.25, 0.3) is 5.91 Å². The molecule has 0 spiro atoms. The number of carbonyl (C=O) groups excluding carboxylic acids is 1. The van der Waals surface area contributed by atoms with Crippen LogP contribution in [0.1, 0.15) is 36.4 Å². The zero-order valence-electron chi connectivity index (χ0n) is 16.5. The average molecular weight is 372 g/mol. The van der Waals surface area contributed by atoms with E-state index in [2.05, 4.69) is 29.0 Å². The van der Waals surface area contributed by atoms with E-state index in [1.54, 1.807) is 12.1 Å². The van der Waals surface area contributed by atoms with E-state index in [0.29, 0.717) is 16.8 Å². The molecule has 0 aliphatic carbocycles. The van der Waals surface area contributed by atoms with Crippen molar-refractivity contribution < 1.29 is 9.18 Å². The molecule has 0 saturated heterocycles. The second-order valence-corrected chi connectivity index (χ2v) is 6.57. The number of likely N-dealkylation sites (N-methyl/N-ethyl adjacent to an activating group) is 1. The maximum Gasteiger partial charge on any atom is 0.256 e. The smallest absolute Gasteiger partial charge is 0.256 e. The van der Waals surface area contributed by atoms with E-state index >= 15 is 0 Å². The van der Waals surface area contributed by atoms with E-state index in [4.69, 9.17) is 5.73 Å². The Bertz CT molecular complexity index is 822. The molecule has 3 rings (SSSR count). The van der Waals surface area contributed by atoms with Crippen molar-refractivity contribution in [1.82, 2.24) is 9.88 Å². The molecule has 2 heterocycles. The Morgan fingerprint density at radius 2 is 1.89 bits per heavy atom. The van der Waals surface area contributed by atoms with Gasteiger partial charge in [-0.15, -0.1) is 0 Å². The van der Waals surface area contributed by atoms with Gasteiger partial charge in [0.2, 0.25) is 0 Å². The lowest BCUT2D eigenvalue weighted by Crippen LogP contribution is -2.28. The fourth-order valence-electron chi connectivity index (χ4n) is 3.07. The van der Waals surface area contributed by atoms with Crippen molar-refractivity contribution in [2.45, 2.75) is 27.7 Å². The summed E-state index contributed by atoms with van der Waals surface area (Å²) in [5, 5.41) is 2.73. The minimum atomic E-state index is -0.347. The zero-order valence-corrected chi connectivity index (χ0v) is 16.5. The summed E-state index contributed by atoms with van der Waals surface area (Å²) >= 11 is 0. The highest BCUT2D eigenvalue weighted by atomic mass is 19.1. The van der Waals surface area contributed by atoms with Gasteiger partial charge in [-0.3, -0.25) is 4.79 Å². The summed E-state index contributed by atoms with van der Waals surface area (Å²) in [6, 6.07) is 6.30. The molecule has 6 heteroatoms. The maximum absolute atomic E-state index is 13.3. The van der Waals surface area contributed by atoms with Crippen LogP contribution in [0, 0.1) is 19.7 Å². The molecule has 0 unspecified atom stereocenters. The van der Waals surface area contributed by atoms with Crippen LogP contribution in [0.2, 0.25) is 0 Å². The van der Waals surface area contributed by atoms with Gasteiger partial charge in [-0.1, -0.05) is 13.8 Å². The third kappa shape index (κ3) is 5.28. The summed E-state index contributed by atoms with van der Waals surface area (Å²) in [6.07, 6.45) is 1.77. The number of amides is 1. The fraction of sp³-hybridized carbons (Fsp3) is 0.381. The molecular formula is C21H29FN4O. The Morgan fingerprint density at radius 3 is 2.41 bits per heavy atom. The van der Waals surface area contributed by atoms with Gasteiger partial charge in [-0.25, -0.2) is 4.39 Å². The first kappa shape index (κ1) is 20.9. The van der Waals surface area contributed by atoms with Gasteiger partial charge in [0, 0.05) is 35.7 Å². The first-order valence-electron chi connectivity index (χ1n) is 9.31. The van der Waals surface area contributed by atoms with Crippen LogP contribution in [0.25, 0.3) is 11.6 Å². The molecule has 1 aliphatic rings. The van der Waals surface area contributed by atoms with Crippen LogP contribution in [-0.4, -0.2) is 42.0 Å². The number of fused-ring (bicyclic) bond motifs is 1. The summed E-state index contributed by atoms with van der Waals surface area (Å²) in [5.41, 5.74) is 10.0. The highest BCUT2D eigenvalue weighted by molar-refractivity contribution is 6.34. The van der Waals surface area contributed by atoms with Crippen LogP contribution >= 0.6 is 0 Å². The summed E-state index contributed by atoms with van der Waals surface area (Å²) in [6.45, 7) is 12.3. The molecule has 5 nitrogen and oxygen atoms in total. The monoisotopic (exact) mass is 372 g/mol. The molecule has 0 fully saturated rings. The Morgan fingerprint density at radius 1 is 1.19 bits per heavy atom. The SMILES string of the molecule is CCN(CC)CCN.Cc1cc(C)c(/C=C2\C(=O)Nc3ccc(F)cc32)[nH]1. The highest BCUT2D eigenvalue weighted by Gasteiger charge is 2.24. The van der Waals surface area contributed by atoms with E-state index in [0.717, 1.165) is 43.1 Å². The molecule has 0 saturated carbocycles. The number of aryl methyl sites for hydroxylation is 2. The lowest BCUT2D eigenvalue weighted by atomic mass is 10.1. The Labute approximate surface area is 160 Å². The molecule has 146 valence electrons. The first-order chi connectivity index (χ1) is 12.9. The minimum Gasteiger partial charge on any atom is -0.359 e. The second kappa shape index (κ2) is 9.48. The molecule has 0 bridgehead atoms. The number of benzene rings is 1. The van der Waals surface area contributed by atoms with Crippen molar-refractivity contribution >= 4 is 23.2 Å². The van der Waals surface area contributed by atoms with E-state index < -0.39 is 0 Å². The van der Waals surface area contributed by atoms with E-state index in [1.807, 2.05) is 19.9 Å². The largest absolute Gasteiger partial charge is 0.359 e. The number of aromatic nitrogens is 1.